The number of amides is 1. The molecule has 0 aliphatic heterocycles. The van der Waals surface area contributed by atoms with Crippen LogP contribution in [0.15, 0.2) is 40.9 Å². The van der Waals surface area contributed by atoms with Crippen molar-refractivity contribution in [2.24, 2.45) is 0 Å². The Balaban J connectivity index is 2.28. The maximum Gasteiger partial charge on any atom is 0.258 e. The van der Waals surface area contributed by atoms with E-state index in [-0.39, 0.29) is 16.8 Å². The zero-order valence-electron chi connectivity index (χ0n) is 9.95. The Bertz CT molecular complexity index is 726. The van der Waals surface area contributed by atoms with Gasteiger partial charge in [0, 0.05) is 10.2 Å². The van der Waals surface area contributed by atoms with Crippen LogP contribution in [0.4, 0.5) is 14.5 Å². The molecule has 0 fully saturated rings. The minimum Gasteiger partial charge on any atom is -0.322 e. The van der Waals surface area contributed by atoms with Gasteiger partial charge in [0.15, 0.2) is 0 Å². The van der Waals surface area contributed by atoms with Gasteiger partial charge in [0.05, 0.1) is 11.1 Å². The molecular formula is C14H7BrF2N2O. The van der Waals surface area contributed by atoms with E-state index in [1.807, 2.05) is 0 Å². The summed E-state index contributed by atoms with van der Waals surface area (Å²) < 4.78 is 27.2. The minimum absolute atomic E-state index is 0.151. The van der Waals surface area contributed by atoms with E-state index in [9.17, 15) is 13.6 Å². The third-order valence-electron chi connectivity index (χ3n) is 2.52. The third-order valence-corrected chi connectivity index (χ3v) is 3.01. The predicted molar refractivity (Wildman–Crippen MR) is 73.2 cm³/mol. The lowest BCUT2D eigenvalue weighted by Crippen LogP contribution is -2.14. The van der Waals surface area contributed by atoms with Crippen LogP contribution in [0, 0.1) is 23.0 Å². The van der Waals surface area contributed by atoms with Crippen LogP contribution in [0.2, 0.25) is 0 Å². The summed E-state index contributed by atoms with van der Waals surface area (Å²) in [6.45, 7) is 0. The lowest BCUT2D eigenvalue weighted by Gasteiger charge is -2.07. The molecule has 0 aliphatic carbocycles. The second-order valence-electron chi connectivity index (χ2n) is 3.88. The van der Waals surface area contributed by atoms with Gasteiger partial charge < -0.3 is 5.32 Å². The van der Waals surface area contributed by atoms with E-state index in [4.69, 9.17) is 5.26 Å². The molecule has 1 N–H and O–H groups in total. The molecule has 0 radical (unpaired) electrons. The van der Waals surface area contributed by atoms with Crippen molar-refractivity contribution in [3.8, 4) is 6.07 Å². The van der Waals surface area contributed by atoms with E-state index in [0.29, 0.717) is 4.47 Å². The molecule has 100 valence electrons. The maximum absolute atomic E-state index is 13.5. The number of rotatable bonds is 2. The summed E-state index contributed by atoms with van der Waals surface area (Å²) in [5.74, 6) is -2.04. The molecule has 0 saturated carbocycles. The molecule has 3 nitrogen and oxygen atoms in total. The van der Waals surface area contributed by atoms with Crippen LogP contribution in [0.3, 0.4) is 0 Å². The van der Waals surface area contributed by atoms with Gasteiger partial charge in [-0.3, -0.25) is 4.79 Å². The first-order valence-electron chi connectivity index (χ1n) is 5.47. The van der Waals surface area contributed by atoms with Gasteiger partial charge in [0.25, 0.3) is 5.91 Å². The van der Waals surface area contributed by atoms with Crippen LogP contribution in [-0.2, 0) is 0 Å². The summed E-state index contributed by atoms with van der Waals surface area (Å²) in [6.07, 6.45) is 0. The van der Waals surface area contributed by atoms with Crippen molar-refractivity contribution < 1.29 is 13.6 Å². The minimum atomic E-state index is -0.681. The molecule has 0 saturated heterocycles. The molecule has 2 aromatic carbocycles. The zero-order valence-corrected chi connectivity index (χ0v) is 11.5. The maximum atomic E-state index is 13.5. The van der Waals surface area contributed by atoms with E-state index < -0.39 is 17.5 Å². The van der Waals surface area contributed by atoms with Gasteiger partial charge >= 0.3 is 0 Å². The van der Waals surface area contributed by atoms with Crippen molar-refractivity contribution in [2.75, 3.05) is 5.32 Å². The van der Waals surface area contributed by atoms with E-state index in [2.05, 4.69) is 21.2 Å². The number of benzene rings is 2. The van der Waals surface area contributed by atoms with E-state index in [1.54, 1.807) is 6.07 Å². The Hall–Kier alpha value is -2.26. The normalized spacial score (nSPS) is 9.90. The Morgan fingerprint density at radius 3 is 2.55 bits per heavy atom. The number of carbonyl (C=O) groups is 1. The Kier molecular flexibility index (Phi) is 4.11. The topological polar surface area (TPSA) is 52.9 Å². The molecule has 2 rings (SSSR count). The molecule has 0 spiro atoms. The first kappa shape index (κ1) is 14.2. The summed E-state index contributed by atoms with van der Waals surface area (Å²) >= 11 is 3.14. The van der Waals surface area contributed by atoms with Crippen molar-refractivity contribution in [3.63, 3.8) is 0 Å². The molecule has 0 aliphatic rings. The van der Waals surface area contributed by atoms with Gasteiger partial charge in [0.2, 0.25) is 0 Å². The quantitative estimate of drug-likeness (QED) is 0.905. The highest BCUT2D eigenvalue weighted by atomic mass is 79.9. The predicted octanol–water partition coefficient (Wildman–Crippen LogP) is 3.85. The van der Waals surface area contributed by atoms with Gasteiger partial charge in [-0.25, -0.2) is 8.78 Å². The van der Waals surface area contributed by atoms with Crippen LogP contribution in [-0.4, -0.2) is 5.91 Å². The van der Waals surface area contributed by atoms with Crippen LogP contribution < -0.4 is 5.32 Å². The number of anilines is 1. The number of carbonyl (C=O) groups excluding carboxylic acids is 1. The molecule has 0 unspecified atom stereocenters. The Labute approximate surface area is 122 Å². The average Bonchev–Trinajstić information content (AvgIpc) is 2.43. The Morgan fingerprint density at radius 2 is 1.85 bits per heavy atom. The van der Waals surface area contributed by atoms with Crippen molar-refractivity contribution in [1.82, 2.24) is 0 Å². The first-order chi connectivity index (χ1) is 9.51. The smallest absolute Gasteiger partial charge is 0.258 e. The number of hydrogen-bond donors (Lipinski definition) is 1. The molecule has 0 bridgehead atoms. The van der Waals surface area contributed by atoms with Gasteiger partial charge in [0.1, 0.15) is 17.7 Å². The summed E-state index contributed by atoms with van der Waals surface area (Å²) in [7, 11) is 0. The second-order valence-corrected chi connectivity index (χ2v) is 4.80. The van der Waals surface area contributed by atoms with Crippen LogP contribution >= 0.6 is 15.9 Å². The monoisotopic (exact) mass is 336 g/mol. The van der Waals surface area contributed by atoms with Crippen LogP contribution in [0.5, 0.6) is 0 Å². The molecule has 0 atom stereocenters. The number of hydrogen-bond acceptors (Lipinski definition) is 2. The number of nitrogens with zero attached hydrogens (tertiary/aromatic N) is 1. The summed E-state index contributed by atoms with van der Waals surface area (Å²) in [4.78, 5) is 11.9. The summed E-state index contributed by atoms with van der Waals surface area (Å²) in [5.41, 5.74) is -0.132. The van der Waals surface area contributed by atoms with Crippen molar-refractivity contribution in [2.45, 2.75) is 0 Å². The number of nitrogens with one attached hydrogen (secondary N) is 1. The SMILES string of the molecule is N#Cc1cc(NC(=O)c2cc(Br)ccc2F)ccc1F. The lowest BCUT2D eigenvalue weighted by molar-refractivity contribution is 0.102. The zero-order chi connectivity index (χ0) is 14.7. The van der Waals surface area contributed by atoms with Gasteiger partial charge in [-0.2, -0.15) is 5.26 Å². The molecule has 6 heteroatoms. The first-order valence-corrected chi connectivity index (χ1v) is 6.26. The van der Waals surface area contributed by atoms with Crippen molar-refractivity contribution in [1.29, 1.82) is 5.26 Å². The molecule has 2 aromatic rings. The number of nitriles is 1. The Morgan fingerprint density at radius 1 is 1.15 bits per heavy atom. The molecule has 20 heavy (non-hydrogen) atoms. The standard InChI is InChI=1S/C14H7BrF2N2O/c15-9-1-3-13(17)11(6-9)14(20)19-10-2-4-12(16)8(5-10)7-18/h1-6H,(H,19,20). The van der Waals surface area contributed by atoms with E-state index in [1.165, 1.54) is 24.3 Å². The fourth-order valence-electron chi connectivity index (χ4n) is 1.56. The molecule has 0 heterocycles. The highest BCUT2D eigenvalue weighted by molar-refractivity contribution is 9.10. The fraction of sp³-hybridized carbons (Fsp3) is 0. The molecule has 0 aromatic heterocycles. The lowest BCUT2D eigenvalue weighted by atomic mass is 10.1. The van der Waals surface area contributed by atoms with Crippen LogP contribution in [0.25, 0.3) is 0 Å². The van der Waals surface area contributed by atoms with Gasteiger partial charge in [-0.15, -0.1) is 0 Å². The summed E-state index contributed by atoms with van der Waals surface area (Å²) in [5, 5.41) is 11.1. The van der Waals surface area contributed by atoms with E-state index >= 15 is 0 Å². The highest BCUT2D eigenvalue weighted by Crippen LogP contribution is 2.18. The average molecular weight is 337 g/mol. The molecule has 1 amide bonds. The van der Waals surface area contributed by atoms with Gasteiger partial charge in [-0.1, -0.05) is 15.9 Å². The van der Waals surface area contributed by atoms with E-state index in [0.717, 1.165) is 12.1 Å². The van der Waals surface area contributed by atoms with Crippen molar-refractivity contribution >= 4 is 27.5 Å². The fourth-order valence-corrected chi connectivity index (χ4v) is 1.92. The van der Waals surface area contributed by atoms with Crippen molar-refractivity contribution in [3.05, 3.63) is 63.6 Å². The largest absolute Gasteiger partial charge is 0.322 e. The summed E-state index contributed by atoms with van der Waals surface area (Å²) in [6, 6.07) is 9.16. The van der Waals surface area contributed by atoms with Gasteiger partial charge in [-0.05, 0) is 36.4 Å². The van der Waals surface area contributed by atoms with Crippen LogP contribution in [0.1, 0.15) is 15.9 Å². The second kappa shape index (κ2) is 5.80. The molecular weight excluding hydrogens is 330 g/mol. The third kappa shape index (κ3) is 3.00. The number of halogens is 3. The highest BCUT2D eigenvalue weighted by Gasteiger charge is 2.13.